The Hall–Kier alpha value is -2.00. The Balaban J connectivity index is 1.92. The van der Waals surface area contributed by atoms with E-state index in [-0.39, 0.29) is 18.3 Å². The third-order valence-electron chi connectivity index (χ3n) is 3.54. The summed E-state index contributed by atoms with van der Waals surface area (Å²) in [5.74, 6) is 1.07. The van der Waals surface area contributed by atoms with Gasteiger partial charge in [-0.1, -0.05) is 15.9 Å². The largest absolute Gasteiger partial charge is 0.454 e. The van der Waals surface area contributed by atoms with E-state index >= 15 is 0 Å². The van der Waals surface area contributed by atoms with Crippen LogP contribution in [0.2, 0.25) is 0 Å². The van der Waals surface area contributed by atoms with Crippen molar-refractivity contribution in [1.29, 1.82) is 5.26 Å². The van der Waals surface area contributed by atoms with Crippen LogP contribution < -0.4 is 9.47 Å². The predicted octanol–water partition coefficient (Wildman–Crippen LogP) is 2.71. The van der Waals surface area contributed by atoms with Gasteiger partial charge in [0.1, 0.15) is 11.6 Å². The number of amides is 1. The van der Waals surface area contributed by atoms with Gasteiger partial charge in [-0.2, -0.15) is 5.26 Å². The molecular weight excluding hydrogens is 336 g/mol. The van der Waals surface area contributed by atoms with E-state index in [4.69, 9.17) is 9.47 Å². The van der Waals surface area contributed by atoms with Crippen molar-refractivity contribution in [3.63, 3.8) is 0 Å². The van der Waals surface area contributed by atoms with Gasteiger partial charge in [0.15, 0.2) is 11.5 Å². The number of hydrogen-bond donors (Lipinski definition) is 0. The second-order valence-electron chi connectivity index (χ2n) is 4.90. The molecule has 1 aromatic carbocycles. The van der Waals surface area contributed by atoms with Crippen molar-refractivity contribution in [1.82, 2.24) is 4.90 Å². The number of ether oxygens (including phenoxy) is 2. The van der Waals surface area contributed by atoms with Gasteiger partial charge in [0.25, 0.3) is 5.91 Å². The normalized spacial score (nSPS) is 17.0. The second kappa shape index (κ2) is 5.78. The molecule has 0 bridgehead atoms. The van der Waals surface area contributed by atoms with Gasteiger partial charge in [-0.25, -0.2) is 0 Å². The van der Waals surface area contributed by atoms with Crippen LogP contribution >= 0.6 is 15.9 Å². The molecule has 1 amide bonds. The number of fused-ring (bicyclic) bond motifs is 1. The second-order valence-corrected chi connectivity index (χ2v) is 5.75. The molecule has 3 rings (SSSR count). The van der Waals surface area contributed by atoms with Gasteiger partial charge >= 0.3 is 0 Å². The van der Waals surface area contributed by atoms with Crippen LogP contribution in [0.4, 0.5) is 0 Å². The van der Waals surface area contributed by atoms with Gasteiger partial charge in [-0.15, -0.1) is 0 Å². The summed E-state index contributed by atoms with van der Waals surface area (Å²) >= 11 is 3.43. The standard InChI is InChI=1S/C15H13BrN2O3/c16-12-7-14-13(20-9-21-14)6-10(12)5-11(8-17)15(19)18-3-1-2-4-18/h5-7H,1-4,9H2/b11-5+. The first-order valence-electron chi connectivity index (χ1n) is 6.69. The summed E-state index contributed by atoms with van der Waals surface area (Å²) in [7, 11) is 0. The molecule has 0 aromatic heterocycles. The molecule has 1 fully saturated rings. The number of halogens is 1. The molecule has 0 atom stereocenters. The highest BCUT2D eigenvalue weighted by atomic mass is 79.9. The summed E-state index contributed by atoms with van der Waals surface area (Å²) in [4.78, 5) is 14.0. The fourth-order valence-corrected chi connectivity index (χ4v) is 2.87. The van der Waals surface area contributed by atoms with E-state index in [0.29, 0.717) is 11.5 Å². The molecular formula is C15H13BrN2O3. The molecule has 21 heavy (non-hydrogen) atoms. The van der Waals surface area contributed by atoms with Gasteiger partial charge in [0, 0.05) is 17.6 Å². The lowest BCUT2D eigenvalue weighted by Crippen LogP contribution is -2.28. The molecule has 6 heteroatoms. The molecule has 2 aliphatic heterocycles. The molecule has 2 heterocycles. The highest BCUT2D eigenvalue weighted by Gasteiger charge is 2.22. The van der Waals surface area contributed by atoms with Crippen molar-refractivity contribution >= 4 is 27.9 Å². The first-order valence-corrected chi connectivity index (χ1v) is 7.48. The number of rotatable bonds is 2. The monoisotopic (exact) mass is 348 g/mol. The van der Waals surface area contributed by atoms with Crippen molar-refractivity contribution in [3.8, 4) is 17.6 Å². The molecule has 0 unspecified atom stereocenters. The molecule has 1 saturated heterocycles. The third kappa shape index (κ3) is 2.74. The van der Waals surface area contributed by atoms with Crippen LogP contribution in [-0.4, -0.2) is 30.7 Å². The third-order valence-corrected chi connectivity index (χ3v) is 4.22. The molecule has 1 aromatic rings. The zero-order chi connectivity index (χ0) is 14.8. The summed E-state index contributed by atoms with van der Waals surface area (Å²) in [6.07, 6.45) is 3.59. The number of carbonyl (C=O) groups is 1. The molecule has 0 radical (unpaired) electrons. The van der Waals surface area contributed by atoms with Gasteiger partial charge in [0.2, 0.25) is 6.79 Å². The SMILES string of the molecule is N#C/C(=C\c1cc2c(cc1Br)OCO2)C(=O)N1CCCC1. The summed E-state index contributed by atoms with van der Waals surface area (Å²) in [6, 6.07) is 5.55. The first kappa shape index (κ1) is 14.0. The number of benzene rings is 1. The number of likely N-dealkylation sites (tertiary alicyclic amines) is 1. The zero-order valence-electron chi connectivity index (χ0n) is 11.3. The minimum atomic E-state index is -0.209. The fourth-order valence-electron chi connectivity index (χ4n) is 2.43. The Labute approximate surface area is 130 Å². The van der Waals surface area contributed by atoms with Crippen LogP contribution in [-0.2, 0) is 4.79 Å². The number of nitrogens with zero attached hydrogens (tertiary/aromatic N) is 2. The van der Waals surface area contributed by atoms with E-state index in [1.807, 2.05) is 6.07 Å². The first-order chi connectivity index (χ1) is 10.2. The van der Waals surface area contributed by atoms with Crippen LogP contribution in [0.15, 0.2) is 22.2 Å². The summed E-state index contributed by atoms with van der Waals surface area (Å²) < 4.78 is 11.4. The van der Waals surface area contributed by atoms with Gasteiger partial charge in [-0.3, -0.25) is 4.79 Å². The lowest BCUT2D eigenvalue weighted by atomic mass is 10.1. The van der Waals surface area contributed by atoms with Crippen molar-refractivity contribution in [3.05, 3.63) is 27.7 Å². The van der Waals surface area contributed by atoms with Crippen LogP contribution in [0, 0.1) is 11.3 Å². The lowest BCUT2D eigenvalue weighted by molar-refractivity contribution is -0.125. The summed E-state index contributed by atoms with van der Waals surface area (Å²) in [5, 5.41) is 9.27. The molecule has 0 N–H and O–H groups in total. The molecule has 5 nitrogen and oxygen atoms in total. The van der Waals surface area contributed by atoms with E-state index in [0.717, 1.165) is 36.0 Å². The van der Waals surface area contributed by atoms with E-state index in [1.165, 1.54) is 0 Å². The van der Waals surface area contributed by atoms with E-state index in [1.54, 1.807) is 23.1 Å². The average molecular weight is 349 g/mol. The number of carbonyl (C=O) groups excluding carboxylic acids is 1. The molecule has 0 spiro atoms. The van der Waals surface area contributed by atoms with E-state index in [2.05, 4.69) is 15.9 Å². The van der Waals surface area contributed by atoms with Crippen LogP contribution in [0.3, 0.4) is 0 Å². The highest BCUT2D eigenvalue weighted by molar-refractivity contribution is 9.10. The van der Waals surface area contributed by atoms with Gasteiger partial charge < -0.3 is 14.4 Å². The molecule has 2 aliphatic rings. The van der Waals surface area contributed by atoms with Crippen molar-refractivity contribution in [2.75, 3.05) is 19.9 Å². The van der Waals surface area contributed by atoms with Crippen molar-refractivity contribution in [2.45, 2.75) is 12.8 Å². The molecule has 0 aliphatic carbocycles. The molecule has 108 valence electrons. The van der Waals surface area contributed by atoms with E-state index in [9.17, 15) is 10.1 Å². The maximum Gasteiger partial charge on any atom is 0.264 e. The minimum Gasteiger partial charge on any atom is -0.454 e. The van der Waals surface area contributed by atoms with Crippen LogP contribution in [0.1, 0.15) is 18.4 Å². The van der Waals surface area contributed by atoms with Gasteiger partial charge in [0.05, 0.1) is 0 Å². The summed E-state index contributed by atoms with van der Waals surface area (Å²) in [6.45, 7) is 1.63. The van der Waals surface area contributed by atoms with Crippen molar-refractivity contribution in [2.24, 2.45) is 0 Å². The molecule has 0 saturated carbocycles. The Morgan fingerprint density at radius 2 is 1.95 bits per heavy atom. The number of nitriles is 1. The fraction of sp³-hybridized carbons (Fsp3) is 0.333. The van der Waals surface area contributed by atoms with Crippen molar-refractivity contribution < 1.29 is 14.3 Å². The minimum absolute atomic E-state index is 0.136. The van der Waals surface area contributed by atoms with Gasteiger partial charge in [-0.05, 0) is 36.6 Å². The Morgan fingerprint density at radius 3 is 2.62 bits per heavy atom. The topological polar surface area (TPSA) is 62.6 Å². The van der Waals surface area contributed by atoms with Crippen LogP contribution in [0.25, 0.3) is 6.08 Å². The maximum absolute atomic E-state index is 12.3. The Kier molecular flexibility index (Phi) is 3.84. The zero-order valence-corrected chi connectivity index (χ0v) is 12.9. The number of hydrogen-bond acceptors (Lipinski definition) is 4. The smallest absolute Gasteiger partial charge is 0.264 e. The quantitative estimate of drug-likeness (QED) is 0.608. The maximum atomic E-state index is 12.3. The highest BCUT2D eigenvalue weighted by Crippen LogP contribution is 2.37. The lowest BCUT2D eigenvalue weighted by Gasteiger charge is -2.14. The van der Waals surface area contributed by atoms with Crippen LogP contribution in [0.5, 0.6) is 11.5 Å². The average Bonchev–Trinajstić information content (AvgIpc) is 3.14. The summed E-state index contributed by atoms with van der Waals surface area (Å²) in [5.41, 5.74) is 0.861. The predicted molar refractivity (Wildman–Crippen MR) is 79.7 cm³/mol. The Morgan fingerprint density at radius 1 is 1.29 bits per heavy atom. The van der Waals surface area contributed by atoms with E-state index < -0.39 is 0 Å². The Bertz CT molecular complexity index is 658.